The minimum Gasteiger partial charge on any atom is -0.497 e. The van der Waals surface area contributed by atoms with Crippen molar-refractivity contribution in [3.63, 3.8) is 0 Å². The Hall–Kier alpha value is -4.24. The summed E-state index contributed by atoms with van der Waals surface area (Å²) in [5.74, 6) is 0.150. The Morgan fingerprint density at radius 2 is 1.86 bits per heavy atom. The molecule has 2 amide bonds. The minimum absolute atomic E-state index is 0.0388. The van der Waals surface area contributed by atoms with Crippen LogP contribution in [0, 0.1) is 4.91 Å². The fraction of sp³-hybridized carbons (Fsp3) is 0.286. The third-order valence-electron chi connectivity index (χ3n) is 7.01. The molecule has 0 unspecified atom stereocenters. The number of nitrogens with zero attached hydrogens (tertiary/aromatic N) is 3. The Morgan fingerprint density at radius 1 is 1.00 bits per heavy atom. The molecule has 0 saturated carbocycles. The van der Waals surface area contributed by atoms with E-state index in [0.717, 1.165) is 46.1 Å². The molecular weight excluding hydrogens is 470 g/mol. The summed E-state index contributed by atoms with van der Waals surface area (Å²) >= 11 is 0. The van der Waals surface area contributed by atoms with Gasteiger partial charge in [-0.25, -0.2) is 0 Å². The number of hydrogen-bond acceptors (Lipinski definition) is 6. The van der Waals surface area contributed by atoms with E-state index in [4.69, 9.17) is 10.5 Å². The van der Waals surface area contributed by atoms with Crippen LogP contribution in [0.2, 0.25) is 0 Å². The second-order valence-corrected chi connectivity index (χ2v) is 9.27. The van der Waals surface area contributed by atoms with Gasteiger partial charge in [-0.1, -0.05) is 23.4 Å². The van der Waals surface area contributed by atoms with Crippen LogP contribution in [0.1, 0.15) is 27.1 Å². The van der Waals surface area contributed by atoms with E-state index in [-0.39, 0.29) is 12.5 Å². The van der Waals surface area contributed by atoms with E-state index in [9.17, 15) is 14.5 Å². The van der Waals surface area contributed by atoms with E-state index >= 15 is 0 Å². The second-order valence-electron chi connectivity index (χ2n) is 9.27. The lowest BCUT2D eigenvalue weighted by Crippen LogP contribution is -2.35. The number of nitrogens with two attached hydrogens (primary N) is 1. The lowest BCUT2D eigenvalue weighted by Gasteiger charge is -2.21. The number of nitrogens with one attached hydrogen (secondary N) is 1. The molecule has 1 saturated heterocycles. The number of nitroso groups, excluding NO2 is 1. The molecule has 190 valence electrons. The fourth-order valence-electron chi connectivity index (χ4n) is 5.07. The second kappa shape index (κ2) is 10.4. The Kier molecular flexibility index (Phi) is 6.87. The maximum Gasteiger partial charge on any atom is 0.253 e. The van der Waals surface area contributed by atoms with Crippen molar-refractivity contribution in [2.75, 3.05) is 46.4 Å². The zero-order valence-electron chi connectivity index (χ0n) is 20.7. The van der Waals surface area contributed by atoms with Gasteiger partial charge in [0.15, 0.2) is 0 Å². The summed E-state index contributed by atoms with van der Waals surface area (Å²) in [5, 5.41) is 4.71. The highest BCUT2D eigenvalue weighted by Crippen LogP contribution is 2.34. The van der Waals surface area contributed by atoms with Crippen LogP contribution in [-0.4, -0.2) is 73.0 Å². The molecule has 0 atom stereocenters. The van der Waals surface area contributed by atoms with Crippen molar-refractivity contribution in [3.05, 3.63) is 70.6 Å². The Labute approximate surface area is 214 Å². The number of benzene rings is 3. The van der Waals surface area contributed by atoms with Crippen molar-refractivity contribution < 1.29 is 14.3 Å². The number of rotatable bonds is 7. The third-order valence-corrected chi connectivity index (χ3v) is 7.01. The van der Waals surface area contributed by atoms with E-state index in [1.165, 1.54) is 0 Å². The van der Waals surface area contributed by atoms with E-state index in [0.29, 0.717) is 42.8 Å². The number of methoxy groups -OCH3 is 1. The van der Waals surface area contributed by atoms with Crippen molar-refractivity contribution in [1.82, 2.24) is 14.8 Å². The lowest BCUT2D eigenvalue weighted by molar-refractivity contribution is 0.0761. The summed E-state index contributed by atoms with van der Waals surface area (Å²) in [6.07, 6.45) is 0.842. The number of fused-ring (bicyclic) bond motifs is 3. The van der Waals surface area contributed by atoms with Gasteiger partial charge in [0.2, 0.25) is 0 Å². The van der Waals surface area contributed by atoms with E-state index in [1.54, 1.807) is 13.2 Å². The molecule has 37 heavy (non-hydrogen) atoms. The average Bonchev–Trinajstić information content (AvgIpc) is 3.12. The number of carbonyl (C=O) groups excluding carboxylic acids is 2. The summed E-state index contributed by atoms with van der Waals surface area (Å²) in [6, 6.07) is 17.0. The third kappa shape index (κ3) is 4.90. The molecule has 0 aliphatic carbocycles. The van der Waals surface area contributed by atoms with Gasteiger partial charge in [-0.05, 0) is 60.5 Å². The molecule has 1 fully saturated rings. The van der Waals surface area contributed by atoms with Crippen LogP contribution in [0.3, 0.4) is 0 Å². The molecule has 1 aliphatic rings. The smallest absolute Gasteiger partial charge is 0.253 e. The molecule has 1 aliphatic heterocycles. The summed E-state index contributed by atoms with van der Waals surface area (Å²) in [6.45, 7) is 3.68. The van der Waals surface area contributed by atoms with Crippen molar-refractivity contribution >= 4 is 33.6 Å². The van der Waals surface area contributed by atoms with Crippen LogP contribution >= 0.6 is 0 Å². The van der Waals surface area contributed by atoms with Gasteiger partial charge in [-0.2, -0.15) is 4.91 Å². The number of aromatic amines is 1. The van der Waals surface area contributed by atoms with Crippen LogP contribution in [0.25, 0.3) is 32.9 Å². The van der Waals surface area contributed by atoms with Crippen LogP contribution in [0.4, 0.5) is 0 Å². The van der Waals surface area contributed by atoms with Gasteiger partial charge in [-0.15, -0.1) is 0 Å². The van der Waals surface area contributed by atoms with Crippen LogP contribution < -0.4 is 10.5 Å². The number of amides is 2. The van der Waals surface area contributed by atoms with E-state index < -0.39 is 5.91 Å². The van der Waals surface area contributed by atoms with E-state index in [2.05, 4.69) is 15.1 Å². The van der Waals surface area contributed by atoms with Gasteiger partial charge in [0.25, 0.3) is 11.8 Å². The topological polar surface area (TPSA) is 121 Å². The van der Waals surface area contributed by atoms with Crippen LogP contribution in [0.15, 0.2) is 59.8 Å². The molecule has 0 bridgehead atoms. The Bertz CT molecular complexity index is 1490. The molecule has 0 spiro atoms. The standard InChI is InChI=1S/C28H29N5O4/c1-37-21-5-2-4-18(14-21)20-15-23-22-7-6-19(17-25(22)31-26(23)24(16-20)27(29)34)28(35)33-10-3-9-32(12-13-33)11-8-30-36/h2,4-7,14-17,31H,3,8-13H2,1H3,(H2,29,34). The number of hydrogen-bond donors (Lipinski definition) is 2. The number of carbonyl (C=O) groups is 2. The largest absolute Gasteiger partial charge is 0.497 e. The monoisotopic (exact) mass is 499 g/mol. The van der Waals surface area contributed by atoms with Crippen molar-refractivity contribution in [3.8, 4) is 16.9 Å². The first-order valence-electron chi connectivity index (χ1n) is 12.3. The normalized spacial score (nSPS) is 14.6. The number of aromatic nitrogens is 1. The van der Waals surface area contributed by atoms with Gasteiger partial charge in [0, 0.05) is 48.0 Å². The van der Waals surface area contributed by atoms with Gasteiger partial charge >= 0.3 is 0 Å². The predicted molar refractivity (Wildman–Crippen MR) is 144 cm³/mol. The van der Waals surface area contributed by atoms with Gasteiger partial charge in [-0.3, -0.25) is 14.5 Å². The summed E-state index contributed by atoms with van der Waals surface area (Å²) in [7, 11) is 1.61. The lowest BCUT2D eigenvalue weighted by atomic mass is 9.98. The number of ether oxygens (including phenoxy) is 1. The quantitative estimate of drug-likeness (QED) is 0.372. The molecule has 3 aromatic carbocycles. The first kappa shape index (κ1) is 24.5. The van der Waals surface area contributed by atoms with Crippen LogP contribution in [-0.2, 0) is 0 Å². The van der Waals surface area contributed by atoms with Crippen molar-refractivity contribution in [1.29, 1.82) is 0 Å². The van der Waals surface area contributed by atoms with Crippen LogP contribution in [0.5, 0.6) is 5.75 Å². The van der Waals surface area contributed by atoms with Gasteiger partial charge < -0.3 is 20.4 Å². The molecule has 2 heterocycles. The first-order valence-corrected chi connectivity index (χ1v) is 12.3. The molecule has 4 aromatic rings. The average molecular weight is 500 g/mol. The first-order chi connectivity index (χ1) is 18.0. The van der Waals surface area contributed by atoms with Crippen molar-refractivity contribution in [2.24, 2.45) is 10.9 Å². The van der Waals surface area contributed by atoms with Gasteiger partial charge in [0.1, 0.15) is 5.75 Å². The highest BCUT2D eigenvalue weighted by molar-refractivity contribution is 6.17. The molecule has 9 heteroatoms. The highest BCUT2D eigenvalue weighted by atomic mass is 16.5. The molecular formula is C28H29N5O4. The molecule has 9 nitrogen and oxygen atoms in total. The number of H-pyrrole nitrogens is 1. The minimum atomic E-state index is -0.531. The summed E-state index contributed by atoms with van der Waals surface area (Å²) in [4.78, 5) is 43.6. The maximum atomic E-state index is 13.3. The predicted octanol–water partition coefficient (Wildman–Crippen LogP) is 4.01. The highest BCUT2D eigenvalue weighted by Gasteiger charge is 2.22. The maximum absolute atomic E-state index is 13.3. The zero-order valence-corrected chi connectivity index (χ0v) is 20.7. The van der Waals surface area contributed by atoms with Gasteiger partial charge in [0.05, 0.1) is 24.7 Å². The van der Waals surface area contributed by atoms with E-state index in [1.807, 2.05) is 53.4 Å². The summed E-state index contributed by atoms with van der Waals surface area (Å²) in [5.41, 5.74) is 9.89. The SMILES string of the molecule is COc1cccc(-c2cc(C(N)=O)c3[nH]c4cc(C(=O)N5CCCN(CCN=O)CC5)ccc4c3c2)c1. The Morgan fingerprint density at radius 3 is 2.65 bits per heavy atom. The molecule has 3 N–H and O–H groups in total. The zero-order chi connectivity index (χ0) is 25.9. The van der Waals surface area contributed by atoms with Crippen molar-refractivity contribution in [2.45, 2.75) is 6.42 Å². The molecule has 5 rings (SSSR count). The fourth-order valence-corrected chi connectivity index (χ4v) is 5.07. The Balaban J connectivity index is 1.50. The number of primary amides is 1. The molecule has 0 radical (unpaired) electrons. The summed E-state index contributed by atoms with van der Waals surface area (Å²) < 4.78 is 5.36. The molecule has 1 aromatic heterocycles.